The molecule has 22 heavy (non-hydrogen) atoms. The molecular formula is C17H29N3O2. The average molecular weight is 307 g/mol. The Kier molecular flexibility index (Phi) is 6.69. The Balaban J connectivity index is 1.72. The summed E-state index contributed by atoms with van der Waals surface area (Å²) in [5, 5.41) is 9.20. The molecule has 0 spiro atoms. The van der Waals surface area contributed by atoms with Crippen molar-refractivity contribution < 1.29 is 9.90 Å². The van der Waals surface area contributed by atoms with Gasteiger partial charge in [0, 0.05) is 38.8 Å². The van der Waals surface area contributed by atoms with Crippen LogP contribution in [0, 0.1) is 18.3 Å². The lowest BCUT2D eigenvalue weighted by Gasteiger charge is -2.37. The van der Waals surface area contributed by atoms with Crippen LogP contribution < -0.4 is 0 Å². The molecule has 0 atom stereocenters. The Morgan fingerprint density at radius 3 is 2.41 bits per heavy atom. The van der Waals surface area contributed by atoms with E-state index in [0.29, 0.717) is 31.7 Å². The van der Waals surface area contributed by atoms with E-state index < -0.39 is 0 Å². The van der Waals surface area contributed by atoms with E-state index in [2.05, 4.69) is 22.8 Å². The van der Waals surface area contributed by atoms with Crippen LogP contribution in [0.4, 0.5) is 0 Å². The lowest BCUT2D eigenvalue weighted by Crippen LogP contribution is -2.51. The van der Waals surface area contributed by atoms with E-state index in [1.807, 2.05) is 4.90 Å². The summed E-state index contributed by atoms with van der Waals surface area (Å²) in [6.07, 6.45) is 9.65. The van der Waals surface area contributed by atoms with Crippen LogP contribution in [-0.4, -0.2) is 84.7 Å². The van der Waals surface area contributed by atoms with Crippen molar-refractivity contribution in [3.8, 4) is 12.3 Å². The molecule has 0 aromatic rings. The number of piperazine rings is 1. The van der Waals surface area contributed by atoms with Crippen molar-refractivity contribution in [3.05, 3.63) is 0 Å². The van der Waals surface area contributed by atoms with Crippen LogP contribution in [0.5, 0.6) is 0 Å². The van der Waals surface area contributed by atoms with Crippen LogP contribution in [-0.2, 0) is 4.79 Å². The van der Waals surface area contributed by atoms with Gasteiger partial charge in [0.15, 0.2) is 0 Å². The molecule has 5 nitrogen and oxygen atoms in total. The monoisotopic (exact) mass is 307 g/mol. The van der Waals surface area contributed by atoms with E-state index in [9.17, 15) is 9.90 Å². The molecule has 0 aromatic heterocycles. The zero-order valence-electron chi connectivity index (χ0n) is 13.7. The summed E-state index contributed by atoms with van der Waals surface area (Å²) in [5.41, 5.74) is 0. The Morgan fingerprint density at radius 2 is 1.86 bits per heavy atom. The third-order valence-electron chi connectivity index (χ3n) is 5.12. The van der Waals surface area contributed by atoms with Crippen LogP contribution in [0.25, 0.3) is 0 Å². The SMILES string of the molecule is C#CCN1CCN(C(=O)CN(C)C2CCC(CO)CC2)CC1. The highest BCUT2D eigenvalue weighted by Gasteiger charge is 2.27. The number of carbonyl (C=O) groups is 1. The van der Waals surface area contributed by atoms with E-state index in [4.69, 9.17) is 6.42 Å². The summed E-state index contributed by atoms with van der Waals surface area (Å²) in [7, 11) is 2.05. The summed E-state index contributed by atoms with van der Waals surface area (Å²) in [6, 6.07) is 0.481. The molecule has 1 saturated carbocycles. The summed E-state index contributed by atoms with van der Waals surface area (Å²) in [5.74, 6) is 3.35. The van der Waals surface area contributed by atoms with Gasteiger partial charge < -0.3 is 10.0 Å². The minimum Gasteiger partial charge on any atom is -0.396 e. The lowest BCUT2D eigenvalue weighted by atomic mass is 9.86. The van der Waals surface area contributed by atoms with Gasteiger partial charge in [-0.25, -0.2) is 0 Å². The number of aliphatic hydroxyl groups excluding tert-OH is 1. The zero-order valence-corrected chi connectivity index (χ0v) is 13.7. The topological polar surface area (TPSA) is 47.0 Å². The van der Waals surface area contributed by atoms with Crippen LogP contribution in [0.2, 0.25) is 0 Å². The standard InChI is InChI=1S/C17H29N3O2/c1-3-8-19-9-11-20(12-10-19)17(22)13-18(2)16-6-4-15(14-21)5-7-16/h1,15-16,21H,4-14H2,2H3. The molecule has 1 aliphatic carbocycles. The highest BCUT2D eigenvalue weighted by Crippen LogP contribution is 2.26. The maximum atomic E-state index is 12.4. The van der Waals surface area contributed by atoms with Gasteiger partial charge >= 0.3 is 0 Å². The van der Waals surface area contributed by atoms with Gasteiger partial charge in [-0.15, -0.1) is 6.42 Å². The number of likely N-dealkylation sites (N-methyl/N-ethyl adjacent to an activating group) is 1. The maximum absolute atomic E-state index is 12.4. The van der Waals surface area contributed by atoms with Crippen LogP contribution in [0.1, 0.15) is 25.7 Å². The fraction of sp³-hybridized carbons (Fsp3) is 0.824. The van der Waals surface area contributed by atoms with E-state index in [0.717, 1.165) is 51.9 Å². The Morgan fingerprint density at radius 1 is 1.23 bits per heavy atom. The minimum atomic E-state index is 0.229. The third-order valence-corrected chi connectivity index (χ3v) is 5.12. The van der Waals surface area contributed by atoms with Crippen molar-refractivity contribution in [2.45, 2.75) is 31.7 Å². The van der Waals surface area contributed by atoms with Gasteiger partial charge in [0.05, 0.1) is 13.1 Å². The summed E-state index contributed by atoms with van der Waals surface area (Å²) in [6.45, 7) is 4.80. The molecule has 1 heterocycles. The van der Waals surface area contributed by atoms with E-state index in [1.165, 1.54) is 0 Å². The maximum Gasteiger partial charge on any atom is 0.236 e. The number of hydrogen-bond donors (Lipinski definition) is 1. The first-order valence-corrected chi connectivity index (χ1v) is 8.38. The largest absolute Gasteiger partial charge is 0.396 e. The molecule has 0 bridgehead atoms. The molecule has 2 fully saturated rings. The molecule has 124 valence electrons. The quantitative estimate of drug-likeness (QED) is 0.740. The first-order chi connectivity index (χ1) is 10.6. The predicted molar refractivity (Wildman–Crippen MR) is 87.3 cm³/mol. The van der Waals surface area contributed by atoms with Crippen molar-refractivity contribution in [3.63, 3.8) is 0 Å². The van der Waals surface area contributed by atoms with Gasteiger partial charge in [0.1, 0.15) is 0 Å². The van der Waals surface area contributed by atoms with Crippen molar-refractivity contribution in [2.24, 2.45) is 5.92 Å². The highest BCUT2D eigenvalue weighted by molar-refractivity contribution is 5.78. The van der Waals surface area contributed by atoms with E-state index in [-0.39, 0.29) is 5.91 Å². The molecule has 1 aliphatic heterocycles. The van der Waals surface area contributed by atoms with Gasteiger partial charge in [0.25, 0.3) is 0 Å². The molecule has 0 unspecified atom stereocenters. The fourth-order valence-corrected chi connectivity index (χ4v) is 3.50. The van der Waals surface area contributed by atoms with Crippen LogP contribution >= 0.6 is 0 Å². The lowest BCUT2D eigenvalue weighted by molar-refractivity contribution is -0.134. The van der Waals surface area contributed by atoms with Crippen molar-refractivity contribution in [1.82, 2.24) is 14.7 Å². The number of terminal acetylenes is 1. The molecule has 5 heteroatoms. The number of aliphatic hydroxyl groups is 1. The number of carbonyl (C=O) groups excluding carboxylic acids is 1. The van der Waals surface area contributed by atoms with Crippen LogP contribution in [0.3, 0.4) is 0 Å². The van der Waals surface area contributed by atoms with Crippen molar-refractivity contribution in [1.29, 1.82) is 0 Å². The van der Waals surface area contributed by atoms with E-state index >= 15 is 0 Å². The number of amides is 1. The molecule has 0 aromatic carbocycles. The predicted octanol–water partition coefficient (Wildman–Crippen LogP) is 0.247. The van der Waals surface area contributed by atoms with Crippen molar-refractivity contribution in [2.75, 3.05) is 52.9 Å². The second-order valence-electron chi connectivity index (χ2n) is 6.63. The number of hydrogen-bond acceptors (Lipinski definition) is 4. The Bertz CT molecular complexity index is 391. The second-order valence-corrected chi connectivity index (χ2v) is 6.63. The van der Waals surface area contributed by atoms with Gasteiger partial charge in [-0.1, -0.05) is 5.92 Å². The van der Waals surface area contributed by atoms with Gasteiger partial charge in [0.2, 0.25) is 5.91 Å². The molecule has 2 aliphatic rings. The molecule has 0 radical (unpaired) electrons. The van der Waals surface area contributed by atoms with Crippen LogP contribution in [0.15, 0.2) is 0 Å². The first kappa shape index (κ1) is 17.3. The third kappa shape index (κ3) is 4.70. The molecule has 1 N–H and O–H groups in total. The molecular weight excluding hydrogens is 278 g/mol. The van der Waals surface area contributed by atoms with Gasteiger partial charge in [-0.3, -0.25) is 14.6 Å². The fourth-order valence-electron chi connectivity index (χ4n) is 3.50. The highest BCUT2D eigenvalue weighted by atomic mass is 16.3. The second kappa shape index (κ2) is 8.52. The first-order valence-electron chi connectivity index (χ1n) is 8.38. The van der Waals surface area contributed by atoms with Crippen molar-refractivity contribution >= 4 is 5.91 Å². The Labute approximate surface area is 134 Å². The average Bonchev–Trinajstić information content (AvgIpc) is 2.55. The van der Waals surface area contributed by atoms with Gasteiger partial charge in [-0.2, -0.15) is 0 Å². The zero-order chi connectivity index (χ0) is 15.9. The summed E-state index contributed by atoms with van der Waals surface area (Å²) in [4.78, 5) is 18.8. The summed E-state index contributed by atoms with van der Waals surface area (Å²) < 4.78 is 0. The van der Waals surface area contributed by atoms with E-state index in [1.54, 1.807) is 0 Å². The van der Waals surface area contributed by atoms with Gasteiger partial charge in [-0.05, 0) is 38.6 Å². The molecule has 1 saturated heterocycles. The minimum absolute atomic E-state index is 0.229. The summed E-state index contributed by atoms with van der Waals surface area (Å²) >= 11 is 0. The number of rotatable bonds is 5. The molecule has 2 rings (SSSR count). The smallest absolute Gasteiger partial charge is 0.236 e. The Hall–Kier alpha value is -1.09. The molecule has 1 amide bonds. The normalized spacial score (nSPS) is 26.9. The number of nitrogens with zero attached hydrogens (tertiary/aromatic N) is 3.